The second kappa shape index (κ2) is 6.30. The number of aliphatic carboxylic acids is 1. The Morgan fingerprint density at radius 2 is 2.19 bits per heavy atom. The van der Waals surface area contributed by atoms with Crippen molar-refractivity contribution in [2.75, 3.05) is 11.9 Å². The maximum Gasteiger partial charge on any atom is 0.326 e. The molecule has 0 aromatic heterocycles. The van der Waals surface area contributed by atoms with Gasteiger partial charge in [0.2, 0.25) is 0 Å². The summed E-state index contributed by atoms with van der Waals surface area (Å²) in [5.74, 6) is -1.79. The third kappa shape index (κ3) is 3.44. The molecule has 1 fully saturated rings. The van der Waals surface area contributed by atoms with Crippen LogP contribution in [-0.4, -0.2) is 34.6 Å². The van der Waals surface area contributed by atoms with Crippen molar-refractivity contribution in [3.63, 3.8) is 0 Å². The Kier molecular flexibility index (Phi) is 4.67. The number of carbonyl (C=O) groups is 2. The van der Waals surface area contributed by atoms with Crippen molar-refractivity contribution in [2.24, 2.45) is 5.92 Å². The van der Waals surface area contributed by atoms with E-state index in [0.717, 1.165) is 18.9 Å². The minimum Gasteiger partial charge on any atom is -0.480 e. The van der Waals surface area contributed by atoms with Crippen molar-refractivity contribution in [2.45, 2.75) is 25.8 Å². The number of nitrogens with zero attached hydrogens (tertiary/aromatic N) is 1. The van der Waals surface area contributed by atoms with Gasteiger partial charge in [0.05, 0.1) is 5.02 Å². The van der Waals surface area contributed by atoms with Crippen LogP contribution in [-0.2, 0) is 4.79 Å². The topological polar surface area (TPSA) is 69.6 Å². The zero-order chi connectivity index (χ0) is 15.6. The number of anilines is 1. The van der Waals surface area contributed by atoms with Crippen LogP contribution >= 0.6 is 11.6 Å². The standard InChI is InChI=1S/C14H16ClFN2O3/c1-8-3-2-6-18(12(8)13(19)20)14(21)17-9-4-5-10(15)11(16)7-9/h4-5,7-8,12H,2-3,6H2,1H3,(H,17,21)(H,19,20). The van der Waals surface area contributed by atoms with E-state index in [1.165, 1.54) is 17.0 Å². The molecule has 5 nitrogen and oxygen atoms in total. The number of halogens is 2. The van der Waals surface area contributed by atoms with Gasteiger partial charge in [0.1, 0.15) is 11.9 Å². The van der Waals surface area contributed by atoms with Crippen LogP contribution in [0.1, 0.15) is 19.8 Å². The largest absolute Gasteiger partial charge is 0.480 e. The molecule has 21 heavy (non-hydrogen) atoms. The average Bonchev–Trinajstić information content (AvgIpc) is 2.42. The smallest absolute Gasteiger partial charge is 0.326 e. The Morgan fingerprint density at radius 3 is 2.81 bits per heavy atom. The number of urea groups is 1. The number of carboxylic acid groups (broad SMARTS) is 1. The van der Waals surface area contributed by atoms with E-state index in [4.69, 9.17) is 11.6 Å². The number of nitrogens with one attached hydrogen (secondary N) is 1. The molecule has 2 unspecified atom stereocenters. The molecule has 1 saturated heterocycles. The first-order valence-electron chi connectivity index (χ1n) is 6.65. The molecule has 1 aromatic rings. The molecule has 1 heterocycles. The molecule has 1 aliphatic rings. The fourth-order valence-electron chi connectivity index (χ4n) is 2.56. The third-order valence-electron chi connectivity index (χ3n) is 3.62. The number of amides is 2. The van der Waals surface area contributed by atoms with Crippen molar-refractivity contribution in [3.05, 3.63) is 29.0 Å². The molecule has 1 aromatic carbocycles. The highest BCUT2D eigenvalue weighted by molar-refractivity contribution is 6.30. The fourth-order valence-corrected chi connectivity index (χ4v) is 2.68. The molecule has 0 bridgehead atoms. The van der Waals surface area contributed by atoms with Crippen molar-refractivity contribution >= 4 is 29.3 Å². The lowest BCUT2D eigenvalue weighted by Gasteiger charge is -2.37. The van der Waals surface area contributed by atoms with Crippen molar-refractivity contribution in [3.8, 4) is 0 Å². The summed E-state index contributed by atoms with van der Waals surface area (Å²) >= 11 is 5.57. The van der Waals surface area contributed by atoms with Crippen LogP contribution in [0.5, 0.6) is 0 Å². The van der Waals surface area contributed by atoms with E-state index < -0.39 is 23.9 Å². The predicted octanol–water partition coefficient (Wildman–Crippen LogP) is 3.20. The number of likely N-dealkylation sites (tertiary alicyclic amines) is 1. The summed E-state index contributed by atoms with van der Waals surface area (Å²) in [5, 5.41) is 11.7. The SMILES string of the molecule is CC1CCCN(C(=O)Nc2ccc(Cl)c(F)c2)C1C(=O)O. The fraction of sp³-hybridized carbons (Fsp3) is 0.429. The summed E-state index contributed by atoms with van der Waals surface area (Å²) in [6.45, 7) is 2.17. The van der Waals surface area contributed by atoms with Crippen LogP contribution in [0.3, 0.4) is 0 Å². The van der Waals surface area contributed by atoms with Crippen LogP contribution in [0.15, 0.2) is 18.2 Å². The lowest BCUT2D eigenvalue weighted by Crippen LogP contribution is -2.53. The highest BCUT2D eigenvalue weighted by Gasteiger charge is 2.37. The van der Waals surface area contributed by atoms with Crippen LogP contribution in [0, 0.1) is 11.7 Å². The number of hydrogen-bond acceptors (Lipinski definition) is 2. The molecular formula is C14H16ClFN2O3. The zero-order valence-electron chi connectivity index (χ0n) is 11.5. The molecule has 0 spiro atoms. The quantitative estimate of drug-likeness (QED) is 0.880. The summed E-state index contributed by atoms with van der Waals surface area (Å²) < 4.78 is 13.3. The first-order valence-corrected chi connectivity index (χ1v) is 7.03. The molecule has 7 heteroatoms. The van der Waals surface area contributed by atoms with Crippen LogP contribution in [0.2, 0.25) is 5.02 Å². The highest BCUT2D eigenvalue weighted by Crippen LogP contribution is 2.25. The van der Waals surface area contributed by atoms with Gasteiger partial charge in [0, 0.05) is 12.2 Å². The number of hydrogen-bond donors (Lipinski definition) is 2. The van der Waals surface area contributed by atoms with E-state index >= 15 is 0 Å². The normalized spacial score (nSPS) is 22.0. The van der Waals surface area contributed by atoms with Crippen LogP contribution < -0.4 is 5.32 Å². The molecule has 2 rings (SSSR count). The number of carbonyl (C=O) groups excluding carboxylic acids is 1. The van der Waals surface area contributed by atoms with Crippen molar-refractivity contribution < 1.29 is 19.1 Å². The van der Waals surface area contributed by atoms with E-state index in [1.54, 1.807) is 6.92 Å². The molecule has 1 aliphatic heterocycles. The minimum atomic E-state index is -1.03. The monoisotopic (exact) mass is 314 g/mol. The molecule has 0 saturated carbocycles. The summed E-state index contributed by atoms with van der Waals surface area (Å²) in [7, 11) is 0. The van der Waals surface area contributed by atoms with E-state index in [9.17, 15) is 19.1 Å². The molecular weight excluding hydrogens is 299 g/mol. The first-order chi connectivity index (χ1) is 9.90. The Morgan fingerprint density at radius 1 is 1.48 bits per heavy atom. The van der Waals surface area contributed by atoms with E-state index in [1.807, 2.05) is 0 Å². The zero-order valence-corrected chi connectivity index (χ0v) is 12.2. The van der Waals surface area contributed by atoms with Gasteiger partial charge in [0.25, 0.3) is 0 Å². The maximum absolute atomic E-state index is 13.3. The third-order valence-corrected chi connectivity index (χ3v) is 3.92. The van der Waals surface area contributed by atoms with E-state index in [2.05, 4.69) is 5.32 Å². The van der Waals surface area contributed by atoms with E-state index in [0.29, 0.717) is 6.54 Å². The average molecular weight is 315 g/mol. The van der Waals surface area contributed by atoms with Gasteiger partial charge in [-0.2, -0.15) is 0 Å². The van der Waals surface area contributed by atoms with Gasteiger partial charge in [-0.1, -0.05) is 18.5 Å². The lowest BCUT2D eigenvalue weighted by atomic mass is 9.91. The van der Waals surface area contributed by atoms with Gasteiger partial charge in [-0.05, 0) is 37.0 Å². The number of carboxylic acids is 1. The van der Waals surface area contributed by atoms with Gasteiger partial charge in [-0.3, -0.25) is 0 Å². The molecule has 0 aliphatic carbocycles. The first kappa shape index (κ1) is 15.6. The summed E-state index contributed by atoms with van der Waals surface area (Å²) in [6, 6.07) is 2.49. The number of benzene rings is 1. The minimum absolute atomic E-state index is 0.0389. The van der Waals surface area contributed by atoms with Gasteiger partial charge in [-0.25, -0.2) is 14.0 Å². The van der Waals surface area contributed by atoms with E-state index in [-0.39, 0.29) is 16.6 Å². The molecule has 2 atom stereocenters. The number of piperidine rings is 1. The molecule has 2 N–H and O–H groups in total. The summed E-state index contributed by atoms with van der Waals surface area (Å²) in [4.78, 5) is 24.8. The van der Waals surface area contributed by atoms with Gasteiger partial charge < -0.3 is 15.3 Å². The van der Waals surface area contributed by atoms with Gasteiger partial charge in [-0.15, -0.1) is 0 Å². The molecule has 2 amide bonds. The summed E-state index contributed by atoms with van der Waals surface area (Å²) in [6.07, 6.45) is 1.50. The lowest BCUT2D eigenvalue weighted by molar-refractivity contribution is -0.145. The maximum atomic E-state index is 13.3. The Labute approximate surface area is 126 Å². The number of rotatable bonds is 2. The van der Waals surface area contributed by atoms with Crippen LogP contribution in [0.25, 0.3) is 0 Å². The Bertz CT molecular complexity index is 567. The second-order valence-corrected chi connectivity index (χ2v) is 5.56. The van der Waals surface area contributed by atoms with Gasteiger partial charge in [0.15, 0.2) is 0 Å². The second-order valence-electron chi connectivity index (χ2n) is 5.16. The van der Waals surface area contributed by atoms with Crippen molar-refractivity contribution in [1.29, 1.82) is 0 Å². The predicted molar refractivity (Wildman–Crippen MR) is 77.0 cm³/mol. The summed E-state index contributed by atoms with van der Waals surface area (Å²) in [5.41, 5.74) is 0.240. The highest BCUT2D eigenvalue weighted by atomic mass is 35.5. The Hall–Kier alpha value is -1.82. The van der Waals surface area contributed by atoms with Crippen LogP contribution in [0.4, 0.5) is 14.9 Å². The van der Waals surface area contributed by atoms with Gasteiger partial charge >= 0.3 is 12.0 Å². The Balaban J connectivity index is 2.14. The van der Waals surface area contributed by atoms with Crippen molar-refractivity contribution in [1.82, 2.24) is 4.90 Å². The molecule has 114 valence electrons. The molecule has 0 radical (unpaired) electrons.